The Bertz CT molecular complexity index is 630. The zero-order valence-electron chi connectivity index (χ0n) is 15.9. The molecule has 1 aromatic carbocycles. The van der Waals surface area contributed by atoms with Crippen molar-refractivity contribution in [2.75, 3.05) is 46.2 Å². The van der Waals surface area contributed by atoms with Gasteiger partial charge in [-0.2, -0.15) is 0 Å². The van der Waals surface area contributed by atoms with Crippen LogP contribution < -0.4 is 9.64 Å². The molecule has 0 aliphatic carbocycles. The Morgan fingerprint density at radius 3 is 2.64 bits per heavy atom. The Morgan fingerprint density at radius 2 is 2.00 bits per heavy atom. The van der Waals surface area contributed by atoms with Gasteiger partial charge in [0.1, 0.15) is 12.4 Å². The number of nitrogens with zero attached hydrogens (tertiary/aromatic N) is 3. The molecular weight excluding hydrogens is 318 g/mol. The van der Waals surface area contributed by atoms with Crippen molar-refractivity contribution in [1.82, 2.24) is 9.80 Å². The monoisotopic (exact) mass is 347 g/mol. The van der Waals surface area contributed by atoms with Gasteiger partial charge in [0.25, 0.3) is 5.91 Å². The number of rotatable bonds is 6. The standard InChI is InChI=1S/C19H29N3O3/c1-6-7-10-21(4)18(23)12-15-13-25-17-9-8-14(19(24)20(2)3)11-16(17)22(15)5/h8-9,11,15H,6-7,10,12-13H2,1-5H3. The van der Waals surface area contributed by atoms with Crippen molar-refractivity contribution in [3.8, 4) is 5.75 Å². The van der Waals surface area contributed by atoms with Crippen LogP contribution in [0.3, 0.4) is 0 Å². The van der Waals surface area contributed by atoms with Crippen LogP contribution in [0.25, 0.3) is 0 Å². The summed E-state index contributed by atoms with van der Waals surface area (Å²) in [6, 6.07) is 5.41. The molecule has 1 atom stereocenters. The number of ether oxygens (including phenoxy) is 1. The van der Waals surface area contributed by atoms with E-state index in [0.29, 0.717) is 18.6 Å². The molecule has 0 aromatic heterocycles. The Kier molecular flexibility index (Phi) is 6.28. The fourth-order valence-corrected chi connectivity index (χ4v) is 2.87. The highest BCUT2D eigenvalue weighted by atomic mass is 16.5. The lowest BCUT2D eigenvalue weighted by atomic mass is 10.1. The van der Waals surface area contributed by atoms with Crippen molar-refractivity contribution in [1.29, 1.82) is 0 Å². The Labute approximate surface area is 150 Å². The lowest BCUT2D eigenvalue weighted by Gasteiger charge is -2.36. The molecule has 138 valence electrons. The van der Waals surface area contributed by atoms with Gasteiger partial charge in [-0.3, -0.25) is 9.59 Å². The first-order chi connectivity index (χ1) is 11.8. The minimum absolute atomic E-state index is 0.0335. The molecule has 0 saturated heterocycles. The molecule has 0 bridgehead atoms. The predicted molar refractivity (Wildman–Crippen MR) is 99.3 cm³/mol. The number of hydrogen-bond donors (Lipinski definition) is 0. The van der Waals surface area contributed by atoms with Crippen LogP contribution in [0.1, 0.15) is 36.5 Å². The van der Waals surface area contributed by atoms with Crippen LogP contribution >= 0.6 is 0 Å². The molecule has 0 radical (unpaired) electrons. The molecule has 0 N–H and O–H groups in total. The van der Waals surface area contributed by atoms with E-state index in [-0.39, 0.29) is 17.9 Å². The van der Waals surface area contributed by atoms with Gasteiger partial charge in [0.15, 0.2) is 0 Å². The van der Waals surface area contributed by atoms with Crippen LogP contribution in [0.5, 0.6) is 5.75 Å². The average Bonchev–Trinajstić information content (AvgIpc) is 2.60. The van der Waals surface area contributed by atoms with Gasteiger partial charge in [-0.05, 0) is 24.6 Å². The fraction of sp³-hybridized carbons (Fsp3) is 0.579. The highest BCUT2D eigenvalue weighted by Gasteiger charge is 2.28. The summed E-state index contributed by atoms with van der Waals surface area (Å²) >= 11 is 0. The Morgan fingerprint density at radius 1 is 1.28 bits per heavy atom. The molecule has 25 heavy (non-hydrogen) atoms. The van der Waals surface area contributed by atoms with E-state index in [1.165, 1.54) is 0 Å². The first kappa shape index (κ1) is 19.1. The van der Waals surface area contributed by atoms with Gasteiger partial charge in [0.2, 0.25) is 5.91 Å². The molecule has 6 nitrogen and oxygen atoms in total. The van der Waals surface area contributed by atoms with Crippen LogP contribution in [0, 0.1) is 0 Å². The van der Waals surface area contributed by atoms with Crippen molar-refractivity contribution >= 4 is 17.5 Å². The summed E-state index contributed by atoms with van der Waals surface area (Å²) < 4.78 is 5.83. The van der Waals surface area contributed by atoms with E-state index in [9.17, 15) is 9.59 Å². The van der Waals surface area contributed by atoms with E-state index in [2.05, 4.69) is 11.8 Å². The lowest BCUT2D eigenvalue weighted by Crippen LogP contribution is -2.44. The van der Waals surface area contributed by atoms with E-state index in [1.807, 2.05) is 26.2 Å². The van der Waals surface area contributed by atoms with Gasteiger partial charge >= 0.3 is 0 Å². The number of carbonyl (C=O) groups is 2. The molecule has 1 heterocycles. The third kappa shape index (κ3) is 4.44. The zero-order valence-corrected chi connectivity index (χ0v) is 15.9. The maximum absolute atomic E-state index is 12.4. The normalized spacial score (nSPS) is 16.0. The molecule has 6 heteroatoms. The number of unbranched alkanes of at least 4 members (excludes halogenated alkanes) is 1. The molecular formula is C19H29N3O3. The number of hydrogen-bond acceptors (Lipinski definition) is 4. The molecule has 0 fully saturated rings. The van der Waals surface area contributed by atoms with Crippen molar-refractivity contribution in [3.63, 3.8) is 0 Å². The van der Waals surface area contributed by atoms with Crippen LogP contribution in [0.2, 0.25) is 0 Å². The summed E-state index contributed by atoms with van der Waals surface area (Å²) in [5.74, 6) is 0.826. The Balaban J connectivity index is 2.11. The summed E-state index contributed by atoms with van der Waals surface area (Å²) in [6.07, 6.45) is 2.49. The first-order valence-electron chi connectivity index (χ1n) is 8.80. The summed E-state index contributed by atoms with van der Waals surface area (Å²) in [5.41, 5.74) is 1.47. The van der Waals surface area contributed by atoms with E-state index < -0.39 is 0 Å². The second kappa shape index (κ2) is 8.23. The predicted octanol–water partition coefficient (Wildman–Crippen LogP) is 2.23. The number of anilines is 1. The highest BCUT2D eigenvalue weighted by molar-refractivity contribution is 5.95. The number of amides is 2. The molecule has 2 amide bonds. The van der Waals surface area contributed by atoms with Gasteiger partial charge in [-0.1, -0.05) is 13.3 Å². The van der Waals surface area contributed by atoms with E-state index in [4.69, 9.17) is 4.74 Å². The van der Waals surface area contributed by atoms with Gasteiger partial charge < -0.3 is 19.4 Å². The average molecular weight is 347 g/mol. The molecule has 2 rings (SSSR count). The molecule has 1 unspecified atom stereocenters. The van der Waals surface area contributed by atoms with E-state index in [1.54, 1.807) is 30.0 Å². The highest BCUT2D eigenvalue weighted by Crippen LogP contribution is 2.34. The molecule has 0 saturated carbocycles. The van der Waals surface area contributed by atoms with Crippen molar-refractivity contribution in [2.45, 2.75) is 32.2 Å². The van der Waals surface area contributed by atoms with Gasteiger partial charge in [0, 0.05) is 40.3 Å². The number of benzene rings is 1. The maximum atomic E-state index is 12.4. The van der Waals surface area contributed by atoms with Crippen molar-refractivity contribution < 1.29 is 14.3 Å². The number of carbonyl (C=O) groups excluding carboxylic acids is 2. The quantitative estimate of drug-likeness (QED) is 0.792. The van der Waals surface area contributed by atoms with Crippen LogP contribution in [0.4, 0.5) is 5.69 Å². The van der Waals surface area contributed by atoms with Crippen LogP contribution in [-0.2, 0) is 4.79 Å². The van der Waals surface area contributed by atoms with Crippen LogP contribution in [-0.4, -0.2) is 69.0 Å². The second-order valence-electron chi connectivity index (χ2n) is 6.83. The zero-order chi connectivity index (χ0) is 18.6. The number of likely N-dealkylation sites (N-methyl/N-ethyl adjacent to an activating group) is 1. The summed E-state index contributed by atoms with van der Waals surface area (Å²) in [5, 5.41) is 0. The number of fused-ring (bicyclic) bond motifs is 1. The minimum atomic E-state index is -0.0475. The van der Waals surface area contributed by atoms with Gasteiger partial charge in [-0.25, -0.2) is 0 Å². The second-order valence-corrected chi connectivity index (χ2v) is 6.83. The van der Waals surface area contributed by atoms with Gasteiger partial charge in [-0.15, -0.1) is 0 Å². The smallest absolute Gasteiger partial charge is 0.253 e. The van der Waals surface area contributed by atoms with Gasteiger partial charge in [0.05, 0.1) is 18.2 Å². The van der Waals surface area contributed by atoms with Crippen LogP contribution in [0.15, 0.2) is 18.2 Å². The topological polar surface area (TPSA) is 53.1 Å². The molecule has 1 aromatic rings. The summed E-state index contributed by atoms with van der Waals surface area (Å²) in [6.45, 7) is 3.37. The molecule has 0 spiro atoms. The summed E-state index contributed by atoms with van der Waals surface area (Å²) in [7, 11) is 7.27. The summed E-state index contributed by atoms with van der Waals surface area (Å²) in [4.78, 5) is 30.0. The first-order valence-corrected chi connectivity index (χ1v) is 8.80. The fourth-order valence-electron chi connectivity index (χ4n) is 2.87. The van der Waals surface area contributed by atoms with E-state index >= 15 is 0 Å². The lowest BCUT2D eigenvalue weighted by molar-refractivity contribution is -0.130. The minimum Gasteiger partial charge on any atom is -0.489 e. The largest absolute Gasteiger partial charge is 0.489 e. The third-order valence-electron chi connectivity index (χ3n) is 4.65. The van der Waals surface area contributed by atoms with E-state index in [0.717, 1.165) is 30.8 Å². The molecule has 1 aliphatic heterocycles. The third-order valence-corrected chi connectivity index (χ3v) is 4.65. The van der Waals surface area contributed by atoms with Crippen molar-refractivity contribution in [2.24, 2.45) is 0 Å². The Hall–Kier alpha value is -2.24. The maximum Gasteiger partial charge on any atom is 0.253 e. The van der Waals surface area contributed by atoms with Crippen molar-refractivity contribution in [3.05, 3.63) is 23.8 Å². The SMILES string of the molecule is CCCCN(C)C(=O)CC1COc2ccc(C(=O)N(C)C)cc2N1C. The molecule has 1 aliphatic rings.